The van der Waals surface area contributed by atoms with Gasteiger partial charge in [0.15, 0.2) is 11.5 Å². The molecule has 2 heterocycles. The first-order valence-electron chi connectivity index (χ1n) is 6.54. The highest BCUT2D eigenvalue weighted by atomic mass is 32.2. The molecule has 0 amide bonds. The zero-order valence-electron chi connectivity index (χ0n) is 12.1. The highest BCUT2D eigenvalue weighted by Gasteiger charge is 2.25. The van der Waals surface area contributed by atoms with E-state index < -0.39 is 0 Å². The van der Waals surface area contributed by atoms with Crippen LogP contribution >= 0.6 is 11.8 Å². The monoisotopic (exact) mass is 287 g/mol. The molecule has 1 aliphatic heterocycles. The smallest absolute Gasteiger partial charge is 0.211 e. The Kier molecular flexibility index (Phi) is 3.09. The number of hydroxylamine groups is 1. The molecule has 0 saturated heterocycles. The number of imidazole rings is 1. The number of hydrogen-bond donors (Lipinski definition) is 0. The molecule has 0 fully saturated rings. The first-order valence-corrected chi connectivity index (χ1v) is 7.77. The van der Waals surface area contributed by atoms with E-state index in [1.807, 2.05) is 27.0 Å². The van der Waals surface area contributed by atoms with E-state index in [0.29, 0.717) is 6.54 Å². The summed E-state index contributed by atoms with van der Waals surface area (Å²) in [7, 11) is 0. The van der Waals surface area contributed by atoms with E-state index in [0.717, 1.165) is 43.8 Å². The maximum absolute atomic E-state index is 12.3. The summed E-state index contributed by atoms with van der Waals surface area (Å²) in [5.41, 5.74) is 4.87. The van der Waals surface area contributed by atoms with Crippen LogP contribution in [0.1, 0.15) is 29.7 Å². The topological polar surface area (TPSA) is 43.9 Å². The van der Waals surface area contributed by atoms with Gasteiger partial charge in [0.2, 0.25) is 6.54 Å². The molecule has 0 aliphatic carbocycles. The molecule has 0 N–H and O–H groups in total. The number of fused-ring (bicyclic) bond motifs is 3. The molecule has 20 heavy (non-hydrogen) atoms. The van der Waals surface area contributed by atoms with Crippen molar-refractivity contribution in [1.29, 1.82) is 0 Å². The molecule has 4 nitrogen and oxygen atoms in total. The number of nitrogens with zero attached hydrogens (tertiary/aromatic N) is 3. The Hall–Kier alpha value is -1.75. The fraction of sp³-hybridized carbons (Fsp3) is 0.333. The number of benzene rings is 1. The van der Waals surface area contributed by atoms with Crippen LogP contribution in [0, 0.1) is 19.1 Å². The minimum absolute atomic E-state index is 0.295. The van der Waals surface area contributed by atoms with Crippen molar-refractivity contribution in [2.45, 2.75) is 32.2 Å². The van der Waals surface area contributed by atoms with Gasteiger partial charge in [-0.2, -0.15) is 0 Å². The summed E-state index contributed by atoms with van der Waals surface area (Å²) < 4.78 is 3.14. The van der Waals surface area contributed by atoms with E-state index in [-0.39, 0.29) is 0 Å². The van der Waals surface area contributed by atoms with Gasteiger partial charge in [-0.1, -0.05) is 0 Å². The molecule has 0 saturated carbocycles. The predicted octanol–water partition coefficient (Wildman–Crippen LogP) is 3.04. The fourth-order valence-corrected chi connectivity index (χ4v) is 3.05. The molecule has 1 aromatic heterocycles. The lowest BCUT2D eigenvalue weighted by atomic mass is 10.1. The largest absolute Gasteiger partial charge is 0.623 e. The molecule has 0 atom stereocenters. The zero-order chi connectivity index (χ0) is 14.4. The fourth-order valence-electron chi connectivity index (χ4n) is 2.61. The van der Waals surface area contributed by atoms with Crippen molar-refractivity contribution in [1.82, 2.24) is 9.55 Å². The van der Waals surface area contributed by atoms with Gasteiger partial charge < -0.3 is 5.21 Å². The van der Waals surface area contributed by atoms with Crippen LogP contribution in [-0.4, -0.2) is 26.3 Å². The normalized spacial score (nSPS) is 14.0. The maximum Gasteiger partial charge on any atom is 0.211 e. The van der Waals surface area contributed by atoms with E-state index in [1.165, 1.54) is 0 Å². The summed E-state index contributed by atoms with van der Waals surface area (Å²) in [4.78, 5) is 5.70. The lowest BCUT2D eigenvalue weighted by Gasteiger charge is -2.11. The van der Waals surface area contributed by atoms with Gasteiger partial charge in [-0.25, -0.2) is 9.72 Å². The molecule has 1 aliphatic rings. The Morgan fingerprint density at radius 3 is 2.75 bits per heavy atom. The molecule has 3 rings (SSSR count). The third-order valence-corrected chi connectivity index (χ3v) is 4.63. The average Bonchev–Trinajstić information content (AvgIpc) is 2.66. The van der Waals surface area contributed by atoms with Crippen LogP contribution in [0.4, 0.5) is 0 Å². The van der Waals surface area contributed by atoms with Crippen LogP contribution < -0.4 is 0 Å². The number of hydrogen-bond acceptors (Lipinski definition) is 3. The van der Waals surface area contributed by atoms with Crippen LogP contribution in [0.15, 0.2) is 23.1 Å². The summed E-state index contributed by atoms with van der Waals surface area (Å²) in [6.45, 7) is 6.21. The van der Waals surface area contributed by atoms with Gasteiger partial charge >= 0.3 is 0 Å². The van der Waals surface area contributed by atoms with E-state index in [2.05, 4.69) is 27.8 Å². The lowest BCUT2D eigenvalue weighted by Crippen LogP contribution is -2.12. The molecule has 104 valence electrons. The van der Waals surface area contributed by atoms with Crippen molar-refractivity contribution in [3.8, 4) is 5.69 Å². The molecule has 5 heteroatoms. The van der Waals surface area contributed by atoms with Gasteiger partial charge in [0, 0.05) is 17.5 Å². The van der Waals surface area contributed by atoms with Gasteiger partial charge in [-0.3, -0.25) is 4.57 Å². The Balaban J connectivity index is 2.36. The van der Waals surface area contributed by atoms with Gasteiger partial charge in [0.1, 0.15) is 0 Å². The summed E-state index contributed by atoms with van der Waals surface area (Å²) in [6.07, 6.45) is 2.04. The Morgan fingerprint density at radius 2 is 2.05 bits per heavy atom. The number of rotatable bonds is 1. The Morgan fingerprint density at radius 1 is 1.30 bits per heavy atom. The second-order valence-corrected chi connectivity index (χ2v) is 5.92. The first-order chi connectivity index (χ1) is 9.52. The van der Waals surface area contributed by atoms with Crippen molar-refractivity contribution >= 4 is 17.5 Å². The summed E-state index contributed by atoms with van der Waals surface area (Å²) >= 11 is 1.68. The minimum Gasteiger partial charge on any atom is -0.623 e. The summed E-state index contributed by atoms with van der Waals surface area (Å²) in [5, 5.41) is 12.3. The van der Waals surface area contributed by atoms with Crippen molar-refractivity contribution in [3.05, 3.63) is 46.2 Å². The number of thioether (sulfide) groups is 1. The molecule has 0 radical (unpaired) electrons. The summed E-state index contributed by atoms with van der Waals surface area (Å²) in [6, 6.07) is 6.27. The minimum atomic E-state index is 0.295. The van der Waals surface area contributed by atoms with Crippen molar-refractivity contribution in [2.75, 3.05) is 6.26 Å². The molecule has 1 aromatic carbocycles. The second-order valence-electron chi connectivity index (χ2n) is 5.04. The van der Waals surface area contributed by atoms with E-state index >= 15 is 0 Å². The number of aryl methyl sites for hydroxylation is 1. The van der Waals surface area contributed by atoms with Gasteiger partial charge in [0.25, 0.3) is 0 Å². The van der Waals surface area contributed by atoms with Crippen LogP contribution in [0.25, 0.3) is 5.69 Å². The molecular weight excluding hydrogens is 270 g/mol. The second kappa shape index (κ2) is 4.66. The van der Waals surface area contributed by atoms with Crippen molar-refractivity contribution < 1.29 is 4.74 Å². The van der Waals surface area contributed by atoms with Gasteiger partial charge in [-0.15, -0.1) is 11.8 Å². The molecule has 0 spiro atoms. The van der Waals surface area contributed by atoms with Gasteiger partial charge in [0.05, 0.1) is 16.9 Å². The molecule has 0 bridgehead atoms. The average molecular weight is 287 g/mol. The quantitative estimate of drug-likeness (QED) is 0.460. The van der Waals surface area contributed by atoms with Crippen LogP contribution in [0.5, 0.6) is 0 Å². The van der Waals surface area contributed by atoms with Crippen LogP contribution in [0.3, 0.4) is 0 Å². The van der Waals surface area contributed by atoms with E-state index in [1.54, 1.807) is 11.8 Å². The highest BCUT2D eigenvalue weighted by Crippen LogP contribution is 2.28. The first kappa shape index (κ1) is 13.2. The summed E-state index contributed by atoms with van der Waals surface area (Å²) in [5.74, 6) is 0.810. The van der Waals surface area contributed by atoms with Crippen LogP contribution in [-0.2, 0) is 6.54 Å². The highest BCUT2D eigenvalue weighted by molar-refractivity contribution is 7.98. The van der Waals surface area contributed by atoms with E-state index in [9.17, 15) is 5.21 Å². The maximum atomic E-state index is 12.3. The molecule has 2 aromatic rings. The zero-order valence-corrected chi connectivity index (χ0v) is 12.9. The lowest BCUT2D eigenvalue weighted by molar-refractivity contribution is -0.476. The third kappa shape index (κ3) is 1.85. The Labute approximate surface area is 122 Å². The third-order valence-electron chi connectivity index (χ3n) is 3.91. The molecular formula is C15H17N3OS. The molecule has 0 unspecified atom stereocenters. The SMILES string of the molecule is CSc1ccc2c(c1)C(C)=[N+]([O-])Cc1nc(C)c(C)n1-2. The van der Waals surface area contributed by atoms with Crippen molar-refractivity contribution in [3.63, 3.8) is 0 Å². The van der Waals surface area contributed by atoms with E-state index in [4.69, 9.17) is 0 Å². The number of aromatic nitrogens is 2. The standard InChI is InChI=1S/C15H17N3OS/c1-9-10(2)18-14-6-5-12(20-4)7-13(14)11(3)17(19)8-15(18)16-9/h5-7H,8H2,1-4H3. The predicted molar refractivity (Wildman–Crippen MR) is 81.9 cm³/mol. The van der Waals surface area contributed by atoms with Crippen molar-refractivity contribution in [2.24, 2.45) is 0 Å². The van der Waals surface area contributed by atoms with Crippen LogP contribution in [0.2, 0.25) is 0 Å². The van der Waals surface area contributed by atoms with Gasteiger partial charge in [-0.05, 0) is 38.3 Å². The Bertz CT molecular complexity index is 731.